The Morgan fingerprint density at radius 2 is 1.50 bits per heavy atom. The summed E-state index contributed by atoms with van der Waals surface area (Å²) in [6.07, 6.45) is 2.94. The lowest BCUT2D eigenvalue weighted by molar-refractivity contribution is 0.127. The van der Waals surface area contributed by atoms with E-state index in [9.17, 15) is 8.42 Å². The van der Waals surface area contributed by atoms with Gasteiger partial charge in [0.2, 0.25) is 10.0 Å². The maximum absolute atomic E-state index is 11.6. The Hall–Kier alpha value is -3.01. The zero-order chi connectivity index (χ0) is 28.5. The molecule has 0 bridgehead atoms. The summed E-state index contributed by atoms with van der Waals surface area (Å²) < 4.78 is 25.6. The van der Waals surface area contributed by atoms with E-state index in [1.807, 2.05) is 38.5 Å². The van der Waals surface area contributed by atoms with Gasteiger partial charge in [-0.05, 0) is 69.0 Å². The van der Waals surface area contributed by atoms with E-state index in [2.05, 4.69) is 92.1 Å². The second-order valence-corrected chi connectivity index (χ2v) is 12.7. The fourth-order valence-electron chi connectivity index (χ4n) is 5.12. The third-order valence-corrected chi connectivity index (χ3v) is 8.80. The SMILES string of the molecule is CN1CCN(C(c2ccccc2)c2ccccc2)CC1.CNS(=O)(=O)Cc1ccc2[nH]cc(CCN(C)C)c2c1. The van der Waals surface area contributed by atoms with Crippen LogP contribution in [0.2, 0.25) is 0 Å². The average molecular weight is 562 g/mol. The largest absolute Gasteiger partial charge is 0.361 e. The van der Waals surface area contributed by atoms with Crippen LogP contribution >= 0.6 is 0 Å². The first-order chi connectivity index (χ1) is 19.3. The number of benzene rings is 3. The molecule has 1 aromatic heterocycles. The Labute approximate surface area is 239 Å². The maximum atomic E-state index is 11.6. The van der Waals surface area contributed by atoms with Gasteiger partial charge in [0.05, 0.1) is 11.8 Å². The number of hydrogen-bond acceptors (Lipinski definition) is 5. The summed E-state index contributed by atoms with van der Waals surface area (Å²) >= 11 is 0. The van der Waals surface area contributed by atoms with Gasteiger partial charge in [0, 0.05) is 49.8 Å². The predicted molar refractivity (Wildman–Crippen MR) is 166 cm³/mol. The van der Waals surface area contributed by atoms with Crippen molar-refractivity contribution in [3.8, 4) is 0 Å². The second kappa shape index (κ2) is 14.1. The van der Waals surface area contributed by atoms with Crippen LogP contribution in [0.25, 0.3) is 10.9 Å². The van der Waals surface area contributed by atoms with Crippen LogP contribution in [0.1, 0.15) is 28.3 Å². The normalized spacial score (nSPS) is 14.9. The fourth-order valence-corrected chi connectivity index (χ4v) is 5.89. The summed E-state index contributed by atoms with van der Waals surface area (Å²) in [5.74, 6) is 0.0116. The number of likely N-dealkylation sites (N-methyl/N-ethyl adjacent to an activating group) is 2. The first-order valence-electron chi connectivity index (χ1n) is 13.9. The third-order valence-electron chi connectivity index (χ3n) is 7.46. The highest BCUT2D eigenvalue weighted by molar-refractivity contribution is 7.88. The van der Waals surface area contributed by atoms with E-state index < -0.39 is 10.0 Å². The van der Waals surface area contributed by atoms with Gasteiger partial charge in [-0.3, -0.25) is 4.90 Å². The van der Waals surface area contributed by atoms with Crippen LogP contribution in [0.15, 0.2) is 85.1 Å². The molecule has 4 aromatic rings. The van der Waals surface area contributed by atoms with Crippen LogP contribution in [0.4, 0.5) is 0 Å². The number of H-pyrrole nitrogens is 1. The highest BCUT2D eigenvalue weighted by atomic mass is 32.2. The van der Waals surface area contributed by atoms with E-state index in [4.69, 9.17) is 0 Å². The van der Waals surface area contributed by atoms with Crippen molar-refractivity contribution in [3.63, 3.8) is 0 Å². The first-order valence-corrected chi connectivity index (χ1v) is 15.6. The lowest BCUT2D eigenvalue weighted by Gasteiger charge is -2.38. The van der Waals surface area contributed by atoms with E-state index in [1.54, 1.807) is 0 Å². The minimum absolute atomic E-state index is 0.0116. The Balaban J connectivity index is 0.000000185. The Morgan fingerprint density at radius 3 is 2.05 bits per heavy atom. The van der Waals surface area contributed by atoms with Crippen molar-refractivity contribution < 1.29 is 8.42 Å². The molecule has 5 rings (SSSR count). The minimum Gasteiger partial charge on any atom is -0.361 e. The number of aromatic nitrogens is 1. The first kappa shape index (κ1) is 30.0. The Morgan fingerprint density at radius 1 is 0.900 bits per heavy atom. The van der Waals surface area contributed by atoms with Crippen LogP contribution in [0.5, 0.6) is 0 Å². The molecule has 7 nitrogen and oxygen atoms in total. The van der Waals surface area contributed by atoms with Gasteiger partial charge in [-0.1, -0.05) is 66.7 Å². The topological polar surface area (TPSA) is 71.7 Å². The number of piperazine rings is 1. The third kappa shape index (κ3) is 8.25. The number of rotatable bonds is 9. The van der Waals surface area contributed by atoms with Gasteiger partial charge in [0.15, 0.2) is 0 Å². The monoisotopic (exact) mass is 561 g/mol. The van der Waals surface area contributed by atoms with Gasteiger partial charge in [-0.2, -0.15) is 0 Å². The molecule has 3 aromatic carbocycles. The molecule has 0 spiro atoms. The van der Waals surface area contributed by atoms with Gasteiger partial charge < -0.3 is 14.8 Å². The number of hydrogen-bond donors (Lipinski definition) is 2. The highest BCUT2D eigenvalue weighted by Gasteiger charge is 2.25. The smallest absolute Gasteiger partial charge is 0.215 e. The number of aromatic amines is 1. The highest BCUT2D eigenvalue weighted by Crippen LogP contribution is 2.29. The molecule has 0 amide bonds. The quantitative estimate of drug-likeness (QED) is 0.318. The lowest BCUT2D eigenvalue weighted by Crippen LogP contribution is -2.46. The van der Waals surface area contributed by atoms with E-state index >= 15 is 0 Å². The van der Waals surface area contributed by atoms with Crippen LogP contribution < -0.4 is 4.72 Å². The van der Waals surface area contributed by atoms with Crippen molar-refractivity contribution in [1.29, 1.82) is 0 Å². The molecule has 0 radical (unpaired) electrons. The van der Waals surface area contributed by atoms with E-state index in [1.165, 1.54) is 23.7 Å². The minimum atomic E-state index is -3.23. The standard InChI is InChI=1S/C18H22N2.C14H21N3O2S/c1-19-12-14-20(15-13-19)18(16-8-4-2-5-9-16)17-10-6-3-7-11-17;1-15-20(18,19)10-11-4-5-14-13(8-11)12(9-16-14)6-7-17(2)3/h2-11,18H,12-15H2,1H3;4-5,8-9,15-16H,6-7,10H2,1-3H3. The molecule has 1 fully saturated rings. The van der Waals surface area contributed by atoms with Crippen LogP contribution in [0, 0.1) is 0 Å². The number of sulfonamides is 1. The van der Waals surface area contributed by atoms with Gasteiger partial charge in [-0.15, -0.1) is 0 Å². The molecule has 1 aliphatic rings. The van der Waals surface area contributed by atoms with Crippen molar-refractivity contribution in [2.24, 2.45) is 0 Å². The van der Waals surface area contributed by atoms with Gasteiger partial charge in [0.1, 0.15) is 0 Å². The molecule has 0 aliphatic carbocycles. The molecule has 2 N–H and O–H groups in total. The molecule has 2 heterocycles. The summed E-state index contributed by atoms with van der Waals surface area (Å²) in [6, 6.07) is 27.9. The lowest BCUT2D eigenvalue weighted by atomic mass is 9.96. The van der Waals surface area contributed by atoms with Crippen LogP contribution in [-0.4, -0.2) is 89.0 Å². The van der Waals surface area contributed by atoms with Crippen molar-refractivity contribution in [1.82, 2.24) is 24.4 Å². The van der Waals surface area contributed by atoms with Gasteiger partial charge in [-0.25, -0.2) is 13.1 Å². The van der Waals surface area contributed by atoms with E-state index in [0.29, 0.717) is 6.04 Å². The number of fused-ring (bicyclic) bond motifs is 1. The van der Waals surface area contributed by atoms with Gasteiger partial charge in [0.25, 0.3) is 0 Å². The zero-order valence-corrected chi connectivity index (χ0v) is 25.0. The predicted octanol–water partition coefficient (Wildman–Crippen LogP) is 4.34. The second-order valence-electron chi connectivity index (χ2n) is 10.8. The molecule has 214 valence electrons. The van der Waals surface area contributed by atoms with Gasteiger partial charge >= 0.3 is 0 Å². The van der Waals surface area contributed by atoms with Crippen LogP contribution in [-0.2, 0) is 22.2 Å². The fraction of sp³-hybridized carbons (Fsp3) is 0.375. The molecule has 0 atom stereocenters. The molecule has 1 aliphatic heterocycles. The van der Waals surface area contributed by atoms with Crippen molar-refractivity contribution in [2.45, 2.75) is 18.2 Å². The number of nitrogens with one attached hydrogen (secondary N) is 2. The van der Waals surface area contributed by atoms with Crippen molar-refractivity contribution >= 4 is 20.9 Å². The van der Waals surface area contributed by atoms with Crippen molar-refractivity contribution in [3.05, 3.63) is 107 Å². The molecule has 0 saturated carbocycles. The molecule has 0 unspecified atom stereocenters. The Bertz CT molecular complexity index is 1390. The van der Waals surface area contributed by atoms with Crippen molar-refractivity contribution in [2.75, 3.05) is 60.9 Å². The summed E-state index contributed by atoms with van der Waals surface area (Å²) in [5.41, 5.74) is 5.85. The van der Waals surface area contributed by atoms with E-state index in [0.717, 1.165) is 55.6 Å². The summed E-state index contributed by atoms with van der Waals surface area (Å²) in [6.45, 7) is 5.52. The molecule has 8 heteroatoms. The molecular weight excluding hydrogens is 518 g/mol. The number of nitrogens with zero attached hydrogens (tertiary/aromatic N) is 3. The zero-order valence-electron chi connectivity index (χ0n) is 24.2. The molecular formula is C32H43N5O2S. The summed E-state index contributed by atoms with van der Waals surface area (Å²) in [5, 5.41) is 1.11. The maximum Gasteiger partial charge on any atom is 0.215 e. The van der Waals surface area contributed by atoms with E-state index in [-0.39, 0.29) is 5.75 Å². The average Bonchev–Trinajstić information content (AvgIpc) is 3.36. The summed E-state index contributed by atoms with van der Waals surface area (Å²) in [7, 11) is 4.49. The molecule has 1 saturated heterocycles. The molecule has 40 heavy (non-hydrogen) atoms. The summed E-state index contributed by atoms with van der Waals surface area (Å²) in [4.78, 5) is 10.4. The van der Waals surface area contributed by atoms with Crippen LogP contribution in [0.3, 0.4) is 0 Å². The Kier molecular flexibility index (Phi) is 10.5.